The summed E-state index contributed by atoms with van der Waals surface area (Å²) in [5.41, 5.74) is 2.02. The SMILES string of the molecule is CCc1[nH]cnc1C1C=CC(O)(C(C)(C)C)C(C(C)(C)C)=C1. The van der Waals surface area contributed by atoms with Gasteiger partial charge >= 0.3 is 0 Å². The Morgan fingerprint density at radius 3 is 2.36 bits per heavy atom. The van der Waals surface area contributed by atoms with Gasteiger partial charge in [0.1, 0.15) is 5.60 Å². The third-order valence-corrected chi connectivity index (χ3v) is 4.67. The predicted molar refractivity (Wildman–Crippen MR) is 91.8 cm³/mol. The van der Waals surface area contributed by atoms with E-state index in [-0.39, 0.29) is 16.7 Å². The average molecular weight is 302 g/mol. The molecule has 0 fully saturated rings. The molecule has 3 heteroatoms. The highest BCUT2D eigenvalue weighted by atomic mass is 16.3. The molecule has 0 bridgehead atoms. The van der Waals surface area contributed by atoms with Crippen molar-refractivity contribution in [2.75, 3.05) is 0 Å². The molecular weight excluding hydrogens is 272 g/mol. The van der Waals surface area contributed by atoms with Crippen molar-refractivity contribution >= 4 is 0 Å². The number of aromatic nitrogens is 2. The summed E-state index contributed by atoms with van der Waals surface area (Å²) >= 11 is 0. The number of hydrogen-bond acceptors (Lipinski definition) is 2. The first kappa shape index (κ1) is 17.0. The third kappa shape index (κ3) is 2.79. The van der Waals surface area contributed by atoms with Crippen LogP contribution in [0.25, 0.3) is 0 Å². The van der Waals surface area contributed by atoms with Crippen LogP contribution in [0.1, 0.15) is 65.8 Å². The van der Waals surface area contributed by atoms with Gasteiger partial charge in [0.05, 0.1) is 12.0 Å². The maximum absolute atomic E-state index is 11.4. The Hall–Kier alpha value is -1.35. The first-order valence-corrected chi connectivity index (χ1v) is 8.17. The van der Waals surface area contributed by atoms with E-state index in [1.807, 2.05) is 6.08 Å². The number of H-pyrrole nitrogens is 1. The number of aromatic amines is 1. The van der Waals surface area contributed by atoms with Crippen LogP contribution in [0.3, 0.4) is 0 Å². The summed E-state index contributed by atoms with van der Waals surface area (Å²) in [4.78, 5) is 7.72. The largest absolute Gasteiger partial charge is 0.381 e. The Morgan fingerprint density at radius 1 is 1.23 bits per heavy atom. The lowest BCUT2D eigenvalue weighted by Gasteiger charge is -2.47. The second kappa shape index (κ2) is 5.38. The second-order valence-electron chi connectivity index (χ2n) is 8.35. The fraction of sp³-hybridized carbons (Fsp3) is 0.632. The summed E-state index contributed by atoms with van der Waals surface area (Å²) in [5, 5.41) is 11.4. The minimum Gasteiger partial charge on any atom is -0.381 e. The number of aliphatic hydroxyl groups is 1. The van der Waals surface area contributed by atoms with E-state index in [9.17, 15) is 5.11 Å². The summed E-state index contributed by atoms with van der Waals surface area (Å²) in [6.45, 7) is 14.9. The summed E-state index contributed by atoms with van der Waals surface area (Å²) in [7, 11) is 0. The lowest BCUT2D eigenvalue weighted by Crippen LogP contribution is -2.47. The lowest BCUT2D eigenvalue weighted by atomic mass is 9.62. The molecule has 2 atom stereocenters. The summed E-state index contributed by atoms with van der Waals surface area (Å²) in [6.07, 6.45) is 8.97. The lowest BCUT2D eigenvalue weighted by molar-refractivity contribution is 0.00322. The number of hydrogen-bond donors (Lipinski definition) is 2. The molecular formula is C19H30N2O. The molecule has 2 N–H and O–H groups in total. The van der Waals surface area contributed by atoms with Crippen molar-refractivity contribution < 1.29 is 5.11 Å². The van der Waals surface area contributed by atoms with Gasteiger partial charge in [-0.2, -0.15) is 0 Å². The molecule has 0 spiro atoms. The normalized spacial score (nSPS) is 26.2. The van der Waals surface area contributed by atoms with Gasteiger partial charge in [0.2, 0.25) is 0 Å². The number of nitrogens with zero attached hydrogens (tertiary/aromatic N) is 1. The van der Waals surface area contributed by atoms with Crippen molar-refractivity contribution in [2.24, 2.45) is 10.8 Å². The van der Waals surface area contributed by atoms with E-state index in [0.717, 1.165) is 17.7 Å². The van der Waals surface area contributed by atoms with Crippen LogP contribution in [0.4, 0.5) is 0 Å². The van der Waals surface area contributed by atoms with Gasteiger partial charge in [-0.3, -0.25) is 0 Å². The van der Waals surface area contributed by atoms with E-state index in [0.29, 0.717) is 0 Å². The van der Waals surface area contributed by atoms with Crippen molar-refractivity contribution in [2.45, 2.75) is 66.4 Å². The fourth-order valence-corrected chi connectivity index (χ4v) is 3.24. The Labute approximate surface area is 134 Å². The molecule has 0 amide bonds. The van der Waals surface area contributed by atoms with E-state index in [4.69, 9.17) is 0 Å². The maximum atomic E-state index is 11.4. The van der Waals surface area contributed by atoms with Gasteiger partial charge in [-0.15, -0.1) is 0 Å². The smallest absolute Gasteiger partial charge is 0.109 e. The van der Waals surface area contributed by atoms with Gasteiger partial charge in [0.15, 0.2) is 0 Å². The molecule has 1 aromatic rings. The molecule has 1 aliphatic rings. The van der Waals surface area contributed by atoms with Crippen molar-refractivity contribution in [3.05, 3.63) is 41.5 Å². The highest BCUT2D eigenvalue weighted by Crippen LogP contribution is 2.48. The Balaban J connectivity index is 2.53. The fourth-order valence-electron chi connectivity index (χ4n) is 3.24. The molecule has 0 aromatic carbocycles. The van der Waals surface area contributed by atoms with Crippen LogP contribution in [0.15, 0.2) is 30.1 Å². The predicted octanol–water partition coefficient (Wildman–Crippen LogP) is 4.38. The summed E-state index contributed by atoms with van der Waals surface area (Å²) < 4.78 is 0. The van der Waals surface area contributed by atoms with E-state index in [2.05, 4.69) is 70.6 Å². The maximum Gasteiger partial charge on any atom is 0.109 e. The Bertz CT molecular complexity index is 596. The van der Waals surface area contributed by atoms with E-state index < -0.39 is 5.60 Å². The van der Waals surface area contributed by atoms with E-state index in [1.165, 1.54) is 5.69 Å². The van der Waals surface area contributed by atoms with Gasteiger partial charge in [-0.25, -0.2) is 4.98 Å². The number of nitrogens with one attached hydrogen (secondary N) is 1. The molecule has 1 aromatic heterocycles. The van der Waals surface area contributed by atoms with Gasteiger partial charge in [0.25, 0.3) is 0 Å². The topological polar surface area (TPSA) is 48.9 Å². The highest BCUT2D eigenvalue weighted by Gasteiger charge is 2.46. The van der Waals surface area contributed by atoms with E-state index in [1.54, 1.807) is 6.33 Å². The molecule has 122 valence electrons. The first-order valence-electron chi connectivity index (χ1n) is 8.17. The minimum atomic E-state index is -0.926. The zero-order valence-corrected chi connectivity index (χ0v) is 15.0. The zero-order chi connectivity index (χ0) is 16.8. The van der Waals surface area contributed by atoms with E-state index >= 15 is 0 Å². The number of allylic oxidation sites excluding steroid dienone is 2. The molecule has 0 saturated heterocycles. The highest BCUT2D eigenvalue weighted by molar-refractivity contribution is 5.43. The zero-order valence-electron chi connectivity index (χ0n) is 15.0. The minimum absolute atomic E-state index is 0.103. The van der Waals surface area contributed by atoms with Gasteiger partial charge in [-0.05, 0) is 22.8 Å². The van der Waals surface area contributed by atoms with Crippen LogP contribution in [-0.4, -0.2) is 20.7 Å². The van der Waals surface area contributed by atoms with Crippen molar-refractivity contribution in [1.82, 2.24) is 9.97 Å². The quantitative estimate of drug-likeness (QED) is 0.797. The van der Waals surface area contributed by atoms with Crippen molar-refractivity contribution in [3.8, 4) is 0 Å². The van der Waals surface area contributed by atoms with Crippen LogP contribution in [-0.2, 0) is 6.42 Å². The second-order valence-corrected chi connectivity index (χ2v) is 8.35. The molecule has 3 nitrogen and oxygen atoms in total. The molecule has 1 aliphatic carbocycles. The first-order chi connectivity index (χ1) is 10.0. The van der Waals surface area contributed by atoms with Gasteiger partial charge in [-0.1, -0.05) is 66.7 Å². The number of imidazole rings is 1. The number of aryl methyl sites for hydroxylation is 1. The van der Waals surface area contributed by atoms with Crippen LogP contribution in [0.5, 0.6) is 0 Å². The third-order valence-electron chi connectivity index (χ3n) is 4.67. The van der Waals surface area contributed by atoms with Crippen LogP contribution >= 0.6 is 0 Å². The van der Waals surface area contributed by atoms with Gasteiger partial charge in [0, 0.05) is 11.6 Å². The average Bonchev–Trinajstić information content (AvgIpc) is 2.84. The Morgan fingerprint density at radius 2 is 1.86 bits per heavy atom. The molecule has 0 radical (unpaired) electrons. The molecule has 2 rings (SSSR count). The van der Waals surface area contributed by atoms with Crippen LogP contribution in [0, 0.1) is 10.8 Å². The molecule has 1 heterocycles. The summed E-state index contributed by atoms with van der Waals surface area (Å²) in [5.74, 6) is 0.123. The van der Waals surface area contributed by atoms with Crippen molar-refractivity contribution in [1.29, 1.82) is 0 Å². The molecule has 22 heavy (non-hydrogen) atoms. The van der Waals surface area contributed by atoms with Crippen molar-refractivity contribution in [3.63, 3.8) is 0 Å². The summed E-state index contributed by atoms with van der Waals surface area (Å²) in [6, 6.07) is 0. The number of rotatable bonds is 2. The monoisotopic (exact) mass is 302 g/mol. The molecule has 0 saturated carbocycles. The molecule has 2 unspecified atom stereocenters. The van der Waals surface area contributed by atoms with Gasteiger partial charge < -0.3 is 10.1 Å². The van der Waals surface area contributed by atoms with Crippen LogP contribution < -0.4 is 0 Å². The standard InChI is InChI=1S/C19H30N2O/c1-8-14-16(21-12-20-14)13-9-10-19(22,18(5,6)7)15(11-13)17(2,3)4/h9-13,22H,8H2,1-7H3,(H,20,21). The van der Waals surface area contributed by atoms with Crippen LogP contribution in [0.2, 0.25) is 0 Å². The molecule has 0 aliphatic heterocycles. The Kier molecular flexibility index (Phi) is 4.16.